The molecule has 2 aromatic rings. The summed E-state index contributed by atoms with van der Waals surface area (Å²) >= 11 is 0. The smallest absolute Gasteiger partial charge is 0.325 e. The Labute approximate surface area is 184 Å². The number of urea groups is 1. The Hall–Kier alpha value is -3.15. The lowest BCUT2D eigenvalue weighted by molar-refractivity contribution is -0.135. The molecule has 0 bridgehead atoms. The van der Waals surface area contributed by atoms with Gasteiger partial charge in [-0.1, -0.05) is 74.5 Å². The molecule has 2 atom stereocenters. The largest absolute Gasteiger partial charge is 0.352 e. The fourth-order valence-electron chi connectivity index (χ4n) is 3.93. The number of nitrogens with one attached hydrogen (secondary N) is 2. The molecule has 6 heteroatoms. The van der Waals surface area contributed by atoms with E-state index in [0.29, 0.717) is 17.9 Å². The van der Waals surface area contributed by atoms with Gasteiger partial charge >= 0.3 is 6.03 Å². The number of rotatable bonds is 9. The summed E-state index contributed by atoms with van der Waals surface area (Å²) in [5.74, 6) is -0.185. The molecule has 31 heavy (non-hydrogen) atoms. The first-order valence-corrected chi connectivity index (χ1v) is 10.8. The molecule has 1 saturated heterocycles. The Kier molecular flexibility index (Phi) is 7.10. The van der Waals surface area contributed by atoms with Gasteiger partial charge in [0.05, 0.1) is 0 Å². The van der Waals surface area contributed by atoms with Gasteiger partial charge in [0.25, 0.3) is 5.91 Å². The second kappa shape index (κ2) is 9.77. The van der Waals surface area contributed by atoms with Gasteiger partial charge < -0.3 is 10.6 Å². The maximum absolute atomic E-state index is 13.5. The second-order valence-corrected chi connectivity index (χ2v) is 8.69. The second-order valence-electron chi connectivity index (χ2n) is 8.69. The van der Waals surface area contributed by atoms with Gasteiger partial charge in [-0.2, -0.15) is 0 Å². The average molecular weight is 422 g/mol. The fraction of sp³-hybridized carbons (Fsp3) is 0.400. The average Bonchev–Trinajstić information content (AvgIpc) is 2.98. The van der Waals surface area contributed by atoms with E-state index in [1.54, 1.807) is 0 Å². The van der Waals surface area contributed by atoms with Gasteiger partial charge in [-0.3, -0.25) is 14.5 Å². The molecule has 1 aliphatic heterocycles. The predicted octanol–water partition coefficient (Wildman–Crippen LogP) is 3.62. The topological polar surface area (TPSA) is 78.5 Å². The maximum atomic E-state index is 13.5. The highest BCUT2D eigenvalue weighted by Gasteiger charge is 2.52. The van der Waals surface area contributed by atoms with Crippen molar-refractivity contribution >= 4 is 17.8 Å². The number of hydrogen-bond acceptors (Lipinski definition) is 3. The quantitative estimate of drug-likeness (QED) is 0.607. The zero-order valence-electron chi connectivity index (χ0n) is 18.4. The van der Waals surface area contributed by atoms with Crippen molar-refractivity contribution in [3.05, 3.63) is 71.8 Å². The number of nitrogens with zero attached hydrogens (tertiary/aromatic N) is 1. The summed E-state index contributed by atoms with van der Waals surface area (Å²) in [7, 11) is 0. The van der Waals surface area contributed by atoms with Gasteiger partial charge in [0.2, 0.25) is 5.91 Å². The summed E-state index contributed by atoms with van der Waals surface area (Å²) in [6, 6.07) is 18.2. The first-order valence-electron chi connectivity index (χ1n) is 10.8. The summed E-state index contributed by atoms with van der Waals surface area (Å²) in [5, 5.41) is 5.80. The summed E-state index contributed by atoms with van der Waals surface area (Å²) in [5.41, 5.74) is 0.391. The van der Waals surface area contributed by atoms with E-state index >= 15 is 0 Å². The summed E-state index contributed by atoms with van der Waals surface area (Å²) in [4.78, 5) is 40.0. The van der Waals surface area contributed by atoms with Crippen LogP contribution in [0.4, 0.5) is 4.79 Å². The molecule has 4 amide bonds. The first kappa shape index (κ1) is 22.5. The van der Waals surface area contributed by atoms with Gasteiger partial charge in [-0.25, -0.2) is 4.79 Å². The highest BCUT2D eigenvalue weighted by molar-refractivity contribution is 6.09. The molecule has 1 aliphatic rings. The molecule has 6 nitrogen and oxygen atoms in total. The third-order valence-corrected chi connectivity index (χ3v) is 5.64. The van der Waals surface area contributed by atoms with Crippen LogP contribution in [0.2, 0.25) is 0 Å². The molecular formula is C25H31N3O3. The van der Waals surface area contributed by atoms with Crippen LogP contribution in [0, 0.1) is 5.92 Å². The third kappa shape index (κ3) is 5.32. The Bertz CT molecular complexity index is 914. The number of imide groups is 1. The van der Waals surface area contributed by atoms with E-state index in [4.69, 9.17) is 0 Å². The molecule has 0 spiro atoms. The van der Waals surface area contributed by atoms with Crippen LogP contribution in [0.15, 0.2) is 60.7 Å². The number of carbonyl (C=O) groups excluding carboxylic acids is 3. The van der Waals surface area contributed by atoms with E-state index < -0.39 is 17.5 Å². The minimum Gasteiger partial charge on any atom is -0.352 e. The minimum atomic E-state index is -1.23. The Morgan fingerprint density at radius 1 is 0.968 bits per heavy atom. The molecule has 2 aromatic carbocycles. The molecule has 3 rings (SSSR count). The van der Waals surface area contributed by atoms with Crippen molar-refractivity contribution in [3.63, 3.8) is 0 Å². The Balaban J connectivity index is 1.79. The highest BCUT2D eigenvalue weighted by atomic mass is 16.2. The van der Waals surface area contributed by atoms with Crippen LogP contribution in [-0.4, -0.2) is 35.3 Å². The zero-order chi connectivity index (χ0) is 22.4. The summed E-state index contributed by atoms with van der Waals surface area (Å²) in [6.07, 6.45) is 2.16. The van der Waals surface area contributed by atoms with Gasteiger partial charge in [0.15, 0.2) is 5.54 Å². The van der Waals surface area contributed by atoms with Gasteiger partial charge in [-0.15, -0.1) is 0 Å². The molecule has 0 aromatic heterocycles. The van der Waals surface area contributed by atoms with Gasteiger partial charge in [0, 0.05) is 12.5 Å². The van der Waals surface area contributed by atoms with Gasteiger partial charge in [0.1, 0.15) is 6.54 Å². The normalized spacial score (nSPS) is 19.4. The third-order valence-electron chi connectivity index (χ3n) is 5.64. The number of benzene rings is 2. The van der Waals surface area contributed by atoms with Gasteiger partial charge in [-0.05, 0) is 36.8 Å². The molecule has 0 saturated carbocycles. The summed E-state index contributed by atoms with van der Waals surface area (Å²) < 4.78 is 0. The summed E-state index contributed by atoms with van der Waals surface area (Å²) in [6.45, 7) is 5.92. The maximum Gasteiger partial charge on any atom is 0.325 e. The van der Waals surface area contributed by atoms with Crippen LogP contribution >= 0.6 is 0 Å². The molecule has 0 aliphatic carbocycles. The lowest BCUT2D eigenvalue weighted by Crippen LogP contribution is -2.47. The monoisotopic (exact) mass is 421 g/mol. The zero-order valence-corrected chi connectivity index (χ0v) is 18.4. The SMILES string of the molecule is CC(C)CC[C@H](C)NC(=O)CN1C(=O)N[C@](Cc2ccccc2)(c2ccccc2)C1=O. The molecule has 1 fully saturated rings. The van der Waals surface area contributed by atoms with Crippen LogP contribution in [-0.2, 0) is 21.5 Å². The van der Waals surface area contributed by atoms with E-state index in [-0.39, 0.29) is 18.5 Å². The van der Waals surface area contributed by atoms with Crippen molar-refractivity contribution in [1.82, 2.24) is 15.5 Å². The lowest BCUT2D eigenvalue weighted by Gasteiger charge is -2.27. The van der Waals surface area contributed by atoms with E-state index in [1.165, 1.54) is 0 Å². The van der Waals surface area contributed by atoms with Crippen molar-refractivity contribution in [2.24, 2.45) is 5.92 Å². The van der Waals surface area contributed by atoms with Crippen molar-refractivity contribution in [3.8, 4) is 0 Å². The van der Waals surface area contributed by atoms with Crippen LogP contribution in [0.3, 0.4) is 0 Å². The number of amides is 4. The minimum absolute atomic E-state index is 0.0149. The van der Waals surface area contributed by atoms with E-state index in [2.05, 4.69) is 24.5 Å². The standard InChI is InChI=1S/C25H31N3O3/c1-18(2)14-15-19(3)26-22(29)17-28-23(30)25(27-24(28)31,21-12-8-5-9-13-21)16-20-10-6-4-7-11-20/h4-13,18-19H,14-17H2,1-3H3,(H,26,29)(H,27,31)/t19-,25+/m0/s1. The van der Waals surface area contributed by atoms with Crippen molar-refractivity contribution in [1.29, 1.82) is 0 Å². The van der Waals surface area contributed by atoms with E-state index in [0.717, 1.165) is 23.3 Å². The number of hydrogen-bond donors (Lipinski definition) is 2. The molecule has 0 unspecified atom stereocenters. The number of carbonyl (C=O) groups is 3. The highest BCUT2D eigenvalue weighted by Crippen LogP contribution is 2.32. The fourth-order valence-corrected chi connectivity index (χ4v) is 3.93. The molecule has 1 heterocycles. The van der Waals surface area contributed by atoms with E-state index in [9.17, 15) is 14.4 Å². The molecule has 0 radical (unpaired) electrons. The van der Waals surface area contributed by atoms with Crippen LogP contribution in [0.1, 0.15) is 44.7 Å². The van der Waals surface area contributed by atoms with Crippen LogP contribution in [0.5, 0.6) is 0 Å². The van der Waals surface area contributed by atoms with E-state index in [1.807, 2.05) is 67.6 Å². The Morgan fingerprint density at radius 3 is 2.19 bits per heavy atom. The lowest BCUT2D eigenvalue weighted by atomic mass is 9.83. The van der Waals surface area contributed by atoms with Crippen molar-refractivity contribution in [2.75, 3.05) is 6.54 Å². The van der Waals surface area contributed by atoms with Crippen molar-refractivity contribution in [2.45, 2.75) is 51.6 Å². The van der Waals surface area contributed by atoms with Crippen LogP contribution in [0.25, 0.3) is 0 Å². The molecular weight excluding hydrogens is 390 g/mol. The van der Waals surface area contributed by atoms with Crippen LogP contribution < -0.4 is 10.6 Å². The van der Waals surface area contributed by atoms with Crippen molar-refractivity contribution < 1.29 is 14.4 Å². The first-order chi connectivity index (χ1) is 14.8. The Morgan fingerprint density at radius 2 is 1.58 bits per heavy atom. The molecule has 164 valence electrons. The predicted molar refractivity (Wildman–Crippen MR) is 120 cm³/mol. The molecule has 2 N–H and O–H groups in total.